The van der Waals surface area contributed by atoms with E-state index in [9.17, 15) is 13.5 Å². The van der Waals surface area contributed by atoms with Crippen LogP contribution in [-0.2, 0) is 17.1 Å². The summed E-state index contributed by atoms with van der Waals surface area (Å²) in [6.45, 7) is 0.303. The molecule has 2 unspecified atom stereocenters. The molecular weight excluding hydrogens is 290 g/mol. The number of halogens is 1. The minimum atomic E-state index is -3.65. The van der Waals surface area contributed by atoms with E-state index in [-0.39, 0.29) is 16.2 Å². The molecule has 19 heavy (non-hydrogen) atoms. The van der Waals surface area contributed by atoms with Crippen molar-refractivity contribution < 1.29 is 13.5 Å². The van der Waals surface area contributed by atoms with Crippen LogP contribution in [0.1, 0.15) is 19.3 Å². The van der Waals surface area contributed by atoms with Crippen molar-refractivity contribution in [2.24, 2.45) is 13.0 Å². The molecule has 1 aromatic heterocycles. The second-order valence-electron chi connectivity index (χ2n) is 5.00. The van der Waals surface area contributed by atoms with Gasteiger partial charge in [0.15, 0.2) is 5.03 Å². The van der Waals surface area contributed by atoms with E-state index in [4.69, 9.17) is 11.6 Å². The molecular formula is C11H18ClN3O3S. The summed E-state index contributed by atoms with van der Waals surface area (Å²) in [7, 11) is -0.509. The van der Waals surface area contributed by atoms with Crippen molar-refractivity contribution in [1.29, 1.82) is 0 Å². The average Bonchev–Trinajstić information content (AvgIpc) is 2.87. The summed E-state index contributed by atoms with van der Waals surface area (Å²) in [4.78, 5) is 3.83. The third kappa shape index (κ3) is 2.94. The maximum atomic E-state index is 12.3. The Kier molecular flexibility index (Phi) is 4.20. The minimum Gasteiger partial charge on any atom is -0.393 e. The zero-order valence-electron chi connectivity index (χ0n) is 11.0. The van der Waals surface area contributed by atoms with Gasteiger partial charge in [-0.2, -0.15) is 4.31 Å². The van der Waals surface area contributed by atoms with Crippen LogP contribution in [0, 0.1) is 5.92 Å². The van der Waals surface area contributed by atoms with E-state index in [0.717, 1.165) is 19.3 Å². The molecule has 2 rings (SSSR count). The Morgan fingerprint density at radius 2 is 2.26 bits per heavy atom. The molecule has 1 saturated carbocycles. The number of aryl methyl sites for hydroxylation is 1. The minimum absolute atomic E-state index is 0.000964. The van der Waals surface area contributed by atoms with Crippen LogP contribution in [0.3, 0.4) is 0 Å². The second-order valence-corrected chi connectivity index (χ2v) is 7.33. The second kappa shape index (κ2) is 5.40. The van der Waals surface area contributed by atoms with E-state index in [1.165, 1.54) is 22.1 Å². The van der Waals surface area contributed by atoms with E-state index >= 15 is 0 Å². The van der Waals surface area contributed by atoms with Crippen LogP contribution in [0.15, 0.2) is 11.2 Å². The third-order valence-corrected chi connectivity index (χ3v) is 5.63. The van der Waals surface area contributed by atoms with Gasteiger partial charge in [0.1, 0.15) is 0 Å². The predicted molar refractivity (Wildman–Crippen MR) is 71.4 cm³/mol. The fourth-order valence-corrected chi connectivity index (χ4v) is 3.75. The lowest BCUT2D eigenvalue weighted by molar-refractivity contribution is 0.123. The molecule has 1 heterocycles. The number of aromatic nitrogens is 2. The van der Waals surface area contributed by atoms with Crippen LogP contribution in [-0.4, -0.2) is 47.1 Å². The Hall–Kier alpha value is -0.630. The van der Waals surface area contributed by atoms with Crippen LogP contribution in [0.4, 0.5) is 0 Å². The lowest BCUT2D eigenvalue weighted by atomic mass is 10.1. The Labute approximate surface area is 118 Å². The molecule has 1 fully saturated rings. The lowest BCUT2D eigenvalue weighted by Gasteiger charge is -2.21. The summed E-state index contributed by atoms with van der Waals surface area (Å²) in [6, 6.07) is 0. The molecule has 2 atom stereocenters. The highest BCUT2D eigenvalue weighted by atomic mass is 35.5. The normalized spacial score (nSPS) is 24.3. The van der Waals surface area contributed by atoms with Gasteiger partial charge in [0, 0.05) is 26.8 Å². The van der Waals surface area contributed by atoms with E-state index in [0.29, 0.717) is 6.54 Å². The Balaban J connectivity index is 2.15. The smallest absolute Gasteiger partial charge is 0.261 e. The van der Waals surface area contributed by atoms with Gasteiger partial charge in [-0.1, -0.05) is 6.42 Å². The molecule has 0 amide bonds. The molecule has 0 spiro atoms. The van der Waals surface area contributed by atoms with Crippen LogP contribution in [0.5, 0.6) is 0 Å². The van der Waals surface area contributed by atoms with Gasteiger partial charge in [-0.3, -0.25) is 0 Å². The number of hydrogen-bond acceptors (Lipinski definition) is 4. The summed E-state index contributed by atoms with van der Waals surface area (Å²) < 4.78 is 27.3. The molecule has 0 aromatic carbocycles. The van der Waals surface area contributed by atoms with Crippen molar-refractivity contribution in [2.45, 2.75) is 30.4 Å². The van der Waals surface area contributed by atoms with Crippen molar-refractivity contribution >= 4 is 21.6 Å². The van der Waals surface area contributed by atoms with E-state index in [1.807, 2.05) is 0 Å². The van der Waals surface area contributed by atoms with Gasteiger partial charge in [0.25, 0.3) is 10.0 Å². The summed E-state index contributed by atoms with van der Waals surface area (Å²) >= 11 is 5.76. The van der Waals surface area contributed by atoms with Crippen molar-refractivity contribution in [3.05, 3.63) is 11.5 Å². The summed E-state index contributed by atoms with van der Waals surface area (Å²) in [5, 5.41) is 9.83. The number of sulfonamides is 1. The zero-order chi connectivity index (χ0) is 14.2. The Morgan fingerprint density at radius 1 is 1.58 bits per heavy atom. The quantitative estimate of drug-likeness (QED) is 0.895. The van der Waals surface area contributed by atoms with Gasteiger partial charge in [0.2, 0.25) is 5.28 Å². The van der Waals surface area contributed by atoms with Gasteiger partial charge in [-0.25, -0.2) is 13.4 Å². The first-order valence-corrected chi connectivity index (χ1v) is 7.97. The van der Waals surface area contributed by atoms with Crippen LogP contribution >= 0.6 is 11.6 Å². The first-order chi connectivity index (χ1) is 8.82. The van der Waals surface area contributed by atoms with Gasteiger partial charge in [0.05, 0.1) is 6.10 Å². The number of aliphatic hydroxyl groups excluding tert-OH is 1. The molecule has 1 aromatic rings. The maximum absolute atomic E-state index is 12.3. The number of aliphatic hydroxyl groups is 1. The van der Waals surface area contributed by atoms with Crippen molar-refractivity contribution in [2.75, 3.05) is 13.6 Å². The SMILES string of the molecule is CN(CC1CCCC1O)S(=O)(=O)c1cn(C)c(Cl)n1. The molecule has 0 bridgehead atoms. The standard InChI is InChI=1S/C11H18ClN3O3S/c1-14-7-10(13-11(14)12)19(17,18)15(2)6-8-4-3-5-9(8)16/h7-9,16H,3-6H2,1-2H3. The van der Waals surface area contributed by atoms with Crippen molar-refractivity contribution in [3.63, 3.8) is 0 Å². The van der Waals surface area contributed by atoms with E-state index in [2.05, 4.69) is 4.98 Å². The van der Waals surface area contributed by atoms with Crippen molar-refractivity contribution in [3.8, 4) is 0 Å². The first-order valence-electron chi connectivity index (χ1n) is 6.15. The Bertz CT molecular complexity index is 538. The molecule has 0 radical (unpaired) electrons. The van der Waals surface area contributed by atoms with Gasteiger partial charge in [-0.05, 0) is 30.4 Å². The molecule has 108 valence electrons. The molecule has 8 heteroatoms. The molecule has 1 N–H and O–H groups in total. The molecule has 0 saturated heterocycles. The monoisotopic (exact) mass is 307 g/mol. The first kappa shape index (κ1) is 14.8. The van der Waals surface area contributed by atoms with E-state index in [1.54, 1.807) is 7.05 Å². The number of imidazole rings is 1. The number of hydrogen-bond donors (Lipinski definition) is 1. The fourth-order valence-electron chi connectivity index (χ4n) is 2.36. The summed E-state index contributed by atoms with van der Waals surface area (Å²) in [5.74, 6) is -0.000964. The van der Waals surface area contributed by atoms with Crippen LogP contribution in [0.25, 0.3) is 0 Å². The lowest BCUT2D eigenvalue weighted by Crippen LogP contribution is -2.34. The van der Waals surface area contributed by atoms with Crippen molar-refractivity contribution in [1.82, 2.24) is 13.9 Å². The number of rotatable bonds is 4. The summed E-state index contributed by atoms with van der Waals surface area (Å²) in [5.41, 5.74) is 0. The van der Waals surface area contributed by atoms with Gasteiger partial charge < -0.3 is 9.67 Å². The Morgan fingerprint density at radius 3 is 2.74 bits per heavy atom. The zero-order valence-corrected chi connectivity index (χ0v) is 12.5. The van der Waals surface area contributed by atoms with Crippen LogP contribution < -0.4 is 0 Å². The van der Waals surface area contributed by atoms with E-state index < -0.39 is 16.1 Å². The molecule has 6 nitrogen and oxygen atoms in total. The fraction of sp³-hybridized carbons (Fsp3) is 0.727. The molecule has 1 aliphatic rings. The highest BCUT2D eigenvalue weighted by molar-refractivity contribution is 7.89. The van der Waals surface area contributed by atoms with Crippen LogP contribution in [0.2, 0.25) is 5.28 Å². The van der Waals surface area contributed by atoms with Gasteiger partial charge >= 0.3 is 0 Å². The third-order valence-electron chi connectivity index (χ3n) is 3.58. The highest BCUT2D eigenvalue weighted by Crippen LogP contribution is 2.27. The summed E-state index contributed by atoms with van der Waals surface area (Å²) in [6.07, 6.45) is 3.51. The maximum Gasteiger partial charge on any atom is 0.261 e. The average molecular weight is 308 g/mol. The largest absolute Gasteiger partial charge is 0.393 e. The molecule has 0 aliphatic heterocycles. The molecule has 1 aliphatic carbocycles. The number of nitrogens with zero attached hydrogens (tertiary/aromatic N) is 3. The van der Waals surface area contributed by atoms with Gasteiger partial charge in [-0.15, -0.1) is 0 Å². The predicted octanol–water partition coefficient (Wildman–Crippen LogP) is 0.855. The highest BCUT2D eigenvalue weighted by Gasteiger charge is 2.31. The topological polar surface area (TPSA) is 75.4 Å².